The molecule has 30 heavy (non-hydrogen) atoms. The second-order valence-electron chi connectivity index (χ2n) is 7.05. The Kier molecular flexibility index (Phi) is 6.82. The third-order valence-corrected chi connectivity index (χ3v) is 4.73. The lowest BCUT2D eigenvalue weighted by atomic mass is 9.97. The minimum absolute atomic E-state index is 0.256. The van der Waals surface area contributed by atoms with Gasteiger partial charge in [0.25, 0.3) is 0 Å². The largest absolute Gasteiger partial charge is 0.415 e. The summed E-state index contributed by atoms with van der Waals surface area (Å²) in [6.07, 6.45) is 11.3. The van der Waals surface area contributed by atoms with Gasteiger partial charge < -0.3 is 10.1 Å². The molecular formula is C25H24FN3O. The van der Waals surface area contributed by atoms with Crippen LogP contribution in [-0.2, 0) is 4.74 Å². The Morgan fingerprint density at radius 3 is 2.57 bits per heavy atom. The molecule has 1 atom stereocenters. The summed E-state index contributed by atoms with van der Waals surface area (Å²) < 4.78 is 19.8. The molecule has 1 unspecified atom stereocenters. The molecule has 152 valence electrons. The molecule has 0 radical (unpaired) electrons. The number of nitrogens with one attached hydrogen (secondary N) is 1. The number of pyridine rings is 2. The van der Waals surface area contributed by atoms with E-state index < -0.39 is 0 Å². The molecule has 3 aromatic rings. The monoisotopic (exact) mass is 401 g/mol. The van der Waals surface area contributed by atoms with Crippen LogP contribution in [0.3, 0.4) is 0 Å². The van der Waals surface area contributed by atoms with Gasteiger partial charge >= 0.3 is 0 Å². The van der Waals surface area contributed by atoms with Crippen LogP contribution < -0.4 is 15.9 Å². The van der Waals surface area contributed by atoms with Crippen LogP contribution >= 0.6 is 0 Å². The lowest BCUT2D eigenvalue weighted by Gasteiger charge is -2.21. The van der Waals surface area contributed by atoms with Gasteiger partial charge in [0, 0.05) is 22.2 Å². The van der Waals surface area contributed by atoms with Gasteiger partial charge in [-0.25, -0.2) is 9.37 Å². The van der Waals surface area contributed by atoms with E-state index >= 15 is 0 Å². The highest BCUT2D eigenvalue weighted by Crippen LogP contribution is 2.27. The molecule has 1 N–H and O–H groups in total. The van der Waals surface area contributed by atoms with E-state index in [0.717, 1.165) is 27.5 Å². The number of rotatable bonds is 6. The van der Waals surface area contributed by atoms with Crippen LogP contribution in [0.25, 0.3) is 12.3 Å². The molecule has 0 aliphatic heterocycles. The predicted molar refractivity (Wildman–Crippen MR) is 118 cm³/mol. The van der Waals surface area contributed by atoms with Crippen LogP contribution in [0.2, 0.25) is 0 Å². The van der Waals surface area contributed by atoms with Crippen molar-refractivity contribution in [2.75, 3.05) is 5.32 Å². The number of nitrogens with zero attached hydrogens (tertiary/aromatic N) is 2. The van der Waals surface area contributed by atoms with Crippen LogP contribution in [-0.4, -0.2) is 9.97 Å². The van der Waals surface area contributed by atoms with Crippen molar-refractivity contribution >= 4 is 18.2 Å². The van der Waals surface area contributed by atoms with Gasteiger partial charge in [-0.05, 0) is 63.1 Å². The minimum Gasteiger partial charge on any atom is -0.415 e. The van der Waals surface area contributed by atoms with Crippen LogP contribution in [0.15, 0.2) is 48.5 Å². The zero-order valence-electron chi connectivity index (χ0n) is 17.3. The van der Waals surface area contributed by atoms with Gasteiger partial charge in [-0.1, -0.05) is 30.7 Å². The molecule has 2 heterocycles. The summed E-state index contributed by atoms with van der Waals surface area (Å²) in [6, 6.07) is 14.3. The Morgan fingerprint density at radius 1 is 1.07 bits per heavy atom. The summed E-state index contributed by atoms with van der Waals surface area (Å²) in [4.78, 5) is 9.10. The van der Waals surface area contributed by atoms with Crippen molar-refractivity contribution < 1.29 is 9.13 Å². The van der Waals surface area contributed by atoms with Crippen LogP contribution in [0.5, 0.6) is 0 Å². The topological polar surface area (TPSA) is 47.0 Å². The molecule has 1 aromatic carbocycles. The number of hydrogen-bond donors (Lipinski definition) is 1. The number of benzene rings is 1. The first-order valence-electron chi connectivity index (χ1n) is 9.68. The molecule has 0 bridgehead atoms. The Hall–Kier alpha value is -3.65. The highest BCUT2D eigenvalue weighted by Gasteiger charge is 2.18. The van der Waals surface area contributed by atoms with Gasteiger partial charge in [-0.3, -0.25) is 4.98 Å². The average molecular weight is 401 g/mol. The summed E-state index contributed by atoms with van der Waals surface area (Å²) in [5.74, 6) is 0.434. The number of terminal acetylenes is 1. The summed E-state index contributed by atoms with van der Waals surface area (Å²) in [5, 5.41) is 4.87. The zero-order valence-corrected chi connectivity index (χ0v) is 17.3. The second-order valence-corrected chi connectivity index (χ2v) is 7.05. The average Bonchev–Trinajstić information content (AvgIpc) is 2.71. The highest BCUT2D eigenvalue weighted by molar-refractivity contribution is 5.44. The van der Waals surface area contributed by atoms with Gasteiger partial charge in [0.2, 0.25) is 0 Å². The van der Waals surface area contributed by atoms with Crippen LogP contribution in [0.4, 0.5) is 10.2 Å². The normalized spacial score (nSPS) is 13.0. The van der Waals surface area contributed by atoms with Gasteiger partial charge in [0.1, 0.15) is 24.0 Å². The fourth-order valence-electron chi connectivity index (χ4n) is 3.31. The summed E-state index contributed by atoms with van der Waals surface area (Å²) in [7, 11) is 0. The highest BCUT2D eigenvalue weighted by atomic mass is 19.1. The number of aryl methyl sites for hydroxylation is 3. The summed E-state index contributed by atoms with van der Waals surface area (Å²) in [6.45, 7) is 5.74. The Balaban J connectivity index is 2.05. The van der Waals surface area contributed by atoms with E-state index in [2.05, 4.69) is 21.4 Å². The summed E-state index contributed by atoms with van der Waals surface area (Å²) >= 11 is 0. The van der Waals surface area contributed by atoms with Crippen molar-refractivity contribution in [2.45, 2.75) is 33.2 Å². The van der Waals surface area contributed by atoms with Gasteiger partial charge in [-0.2, -0.15) is 0 Å². The summed E-state index contributed by atoms with van der Waals surface area (Å²) in [5.41, 5.74) is 3.23. The van der Waals surface area contributed by atoms with Gasteiger partial charge in [0.15, 0.2) is 0 Å². The fraction of sp³-hybridized carbons (Fsp3) is 0.200. The second kappa shape index (κ2) is 9.71. The zero-order chi connectivity index (χ0) is 21.5. The van der Waals surface area contributed by atoms with E-state index in [0.29, 0.717) is 17.8 Å². The molecule has 2 aromatic heterocycles. The predicted octanol–water partition coefficient (Wildman–Crippen LogP) is 3.91. The molecule has 0 aliphatic rings. The maximum Gasteiger partial charge on any atom is 0.128 e. The maximum atomic E-state index is 14.8. The number of aromatic nitrogens is 2. The number of ether oxygens (including phenoxy) is 1. The van der Waals surface area contributed by atoms with Crippen molar-refractivity contribution in [2.24, 2.45) is 0 Å². The molecule has 0 aliphatic carbocycles. The van der Waals surface area contributed by atoms with Gasteiger partial charge in [-0.15, -0.1) is 0 Å². The lowest BCUT2D eigenvalue weighted by Crippen LogP contribution is -2.29. The van der Waals surface area contributed by atoms with E-state index in [9.17, 15) is 4.39 Å². The molecule has 4 nitrogen and oxygen atoms in total. The molecule has 0 saturated carbocycles. The molecule has 5 heteroatoms. The standard InChI is InChI=1S/C25H24FN3O/c1-5-30-16-20-13-12-19(4)27-22(20)14-15-23(25-17(2)8-6-10-21(25)26)29-24-11-7-9-18(3)28-24/h1,6-14,16,23H,15H2,2-4H3,(H,28,29)/b20-16+,22-14+. The smallest absolute Gasteiger partial charge is 0.128 e. The number of anilines is 1. The quantitative estimate of drug-likeness (QED) is 0.636. The molecule has 0 amide bonds. The van der Waals surface area contributed by atoms with Crippen LogP contribution in [0.1, 0.15) is 35.0 Å². The van der Waals surface area contributed by atoms with Crippen LogP contribution in [0, 0.1) is 39.1 Å². The third kappa shape index (κ3) is 5.24. The van der Waals surface area contributed by atoms with Crippen molar-refractivity contribution in [3.63, 3.8) is 0 Å². The first-order valence-corrected chi connectivity index (χ1v) is 9.68. The number of halogens is 1. The maximum absolute atomic E-state index is 14.8. The number of hydrogen-bond acceptors (Lipinski definition) is 4. The first kappa shape index (κ1) is 21.1. The van der Waals surface area contributed by atoms with E-state index in [-0.39, 0.29) is 11.9 Å². The van der Waals surface area contributed by atoms with Crippen molar-refractivity contribution in [3.05, 3.63) is 87.4 Å². The van der Waals surface area contributed by atoms with Gasteiger partial charge in [0.05, 0.1) is 11.4 Å². The first-order chi connectivity index (χ1) is 14.5. The van der Waals surface area contributed by atoms with Crippen molar-refractivity contribution in [3.8, 4) is 12.5 Å². The van der Waals surface area contributed by atoms with Crippen molar-refractivity contribution in [1.82, 2.24) is 9.97 Å². The van der Waals surface area contributed by atoms with E-state index in [1.807, 2.05) is 63.2 Å². The fourth-order valence-corrected chi connectivity index (χ4v) is 3.31. The third-order valence-electron chi connectivity index (χ3n) is 4.73. The molecule has 0 saturated heterocycles. The lowest BCUT2D eigenvalue weighted by molar-refractivity contribution is 0.500. The Bertz CT molecular complexity index is 1180. The van der Waals surface area contributed by atoms with Crippen molar-refractivity contribution in [1.29, 1.82) is 0 Å². The van der Waals surface area contributed by atoms with E-state index in [1.165, 1.54) is 12.3 Å². The molecule has 0 fully saturated rings. The molecule has 3 rings (SSSR count). The molecule has 0 spiro atoms. The Labute approximate surface area is 176 Å². The van der Waals surface area contributed by atoms with E-state index in [4.69, 9.17) is 11.2 Å². The SMILES string of the molecule is C#CO/C=c1\ccc(C)n\c1=C\CC(Nc1cccc(C)n1)c1c(C)cccc1F. The molecular weight excluding hydrogens is 377 g/mol. The Morgan fingerprint density at radius 2 is 1.83 bits per heavy atom. The van der Waals surface area contributed by atoms with E-state index in [1.54, 1.807) is 6.07 Å². The minimum atomic E-state index is -0.329.